The number of Topliss-reactive ketones (excluding diaryl/α,β-unsaturated/α-hetero) is 1. The van der Waals surface area contributed by atoms with Crippen molar-refractivity contribution in [2.45, 2.75) is 35.2 Å². The van der Waals surface area contributed by atoms with Gasteiger partial charge in [0, 0.05) is 22.2 Å². The van der Waals surface area contributed by atoms with Gasteiger partial charge in [-0.25, -0.2) is 4.79 Å². The van der Waals surface area contributed by atoms with Crippen molar-refractivity contribution in [2.75, 3.05) is 12.4 Å². The van der Waals surface area contributed by atoms with Crippen LogP contribution in [0.1, 0.15) is 44.6 Å². The average Bonchev–Trinajstić information content (AvgIpc) is 3.29. The Labute approximate surface area is 192 Å². The lowest BCUT2D eigenvalue weighted by atomic mass is 10.1. The zero-order valence-corrected chi connectivity index (χ0v) is 19.9. The summed E-state index contributed by atoms with van der Waals surface area (Å²) in [5, 5.41) is 9.06. The van der Waals surface area contributed by atoms with E-state index in [0.717, 1.165) is 15.7 Å². The average molecular weight is 482 g/mol. The smallest absolute Gasteiger partial charge is 0.340 e. The largest absolute Gasteiger partial charge is 0.462 e. The van der Waals surface area contributed by atoms with Crippen molar-refractivity contribution in [3.63, 3.8) is 0 Å². The minimum Gasteiger partial charge on any atom is -0.462 e. The van der Waals surface area contributed by atoms with Gasteiger partial charge in [0.2, 0.25) is 0 Å². The number of hydrogen-bond donors (Lipinski definition) is 1. The molecule has 0 aliphatic carbocycles. The molecule has 2 aromatic heterocycles. The third-order valence-corrected chi connectivity index (χ3v) is 7.64. The van der Waals surface area contributed by atoms with Crippen molar-refractivity contribution in [1.82, 2.24) is 15.2 Å². The van der Waals surface area contributed by atoms with E-state index in [2.05, 4.69) is 15.2 Å². The molecule has 0 saturated carbocycles. The van der Waals surface area contributed by atoms with Crippen molar-refractivity contribution in [3.8, 4) is 0 Å². The summed E-state index contributed by atoms with van der Waals surface area (Å²) in [4.78, 5) is 28.1. The molecule has 0 radical (unpaired) electrons. The summed E-state index contributed by atoms with van der Waals surface area (Å²) < 4.78 is 6.65. The highest BCUT2D eigenvalue weighted by atomic mass is 35.5. The van der Waals surface area contributed by atoms with E-state index in [-0.39, 0.29) is 18.1 Å². The highest BCUT2D eigenvalue weighted by Crippen LogP contribution is 2.32. The van der Waals surface area contributed by atoms with Crippen LogP contribution in [-0.4, -0.2) is 39.3 Å². The van der Waals surface area contributed by atoms with E-state index >= 15 is 0 Å². The van der Waals surface area contributed by atoms with Crippen LogP contribution in [-0.2, 0) is 10.5 Å². The number of benzene rings is 1. The molecule has 158 valence electrons. The molecule has 10 heteroatoms. The molecule has 0 saturated heterocycles. The highest BCUT2D eigenvalue weighted by Gasteiger charge is 2.25. The summed E-state index contributed by atoms with van der Waals surface area (Å²) in [6, 6.07) is 7.68. The van der Waals surface area contributed by atoms with Crippen molar-refractivity contribution < 1.29 is 14.3 Å². The zero-order valence-electron chi connectivity index (χ0n) is 16.7. The third-order valence-electron chi connectivity index (χ3n) is 4.12. The molecule has 0 unspecified atom stereocenters. The maximum absolute atomic E-state index is 12.8. The molecule has 30 heavy (non-hydrogen) atoms. The summed E-state index contributed by atoms with van der Waals surface area (Å²) in [5.74, 6) is 0.307. The number of rotatable bonds is 9. The highest BCUT2D eigenvalue weighted by molar-refractivity contribution is 8.03. The van der Waals surface area contributed by atoms with Crippen molar-refractivity contribution in [3.05, 3.63) is 57.4 Å². The number of aromatic amines is 1. The van der Waals surface area contributed by atoms with Gasteiger partial charge in [-0.2, -0.15) is 0 Å². The van der Waals surface area contributed by atoms with E-state index in [4.69, 9.17) is 16.3 Å². The van der Waals surface area contributed by atoms with Crippen LogP contribution in [0.25, 0.3) is 0 Å². The molecule has 1 N–H and O–H groups in total. The van der Waals surface area contributed by atoms with Crippen LogP contribution < -0.4 is 0 Å². The zero-order chi connectivity index (χ0) is 21.7. The molecule has 3 aromatic rings. The molecule has 0 amide bonds. The molecule has 0 spiro atoms. The number of aromatic nitrogens is 3. The molecule has 3 rings (SSSR count). The van der Waals surface area contributed by atoms with Gasteiger partial charge in [0.25, 0.3) is 0 Å². The summed E-state index contributed by atoms with van der Waals surface area (Å²) >= 11 is 10.3. The van der Waals surface area contributed by atoms with Gasteiger partial charge in [0.1, 0.15) is 0 Å². The molecule has 0 aliphatic rings. The molecule has 6 nitrogen and oxygen atoms in total. The quantitative estimate of drug-likeness (QED) is 0.242. The standard InChI is InChI=1S/C20H20ClN3O3S3/c1-4-27-18(26)17-12(3)22-11(2)16(17)15(25)10-29-20-24-23-19(30-20)28-9-13-5-7-14(21)8-6-13/h5-8,22H,4,9-10H2,1-3H3. The van der Waals surface area contributed by atoms with Crippen LogP contribution in [0.15, 0.2) is 32.9 Å². The van der Waals surface area contributed by atoms with Crippen LogP contribution in [0.4, 0.5) is 0 Å². The Hall–Kier alpha value is -1.81. The second-order valence-electron chi connectivity index (χ2n) is 6.31. The minimum atomic E-state index is -0.482. The number of ketones is 1. The monoisotopic (exact) mass is 481 g/mol. The maximum atomic E-state index is 12.8. The Kier molecular flexibility index (Phi) is 7.99. The number of H-pyrrole nitrogens is 1. The van der Waals surface area contributed by atoms with E-state index in [9.17, 15) is 9.59 Å². The first-order chi connectivity index (χ1) is 14.4. The fraction of sp³-hybridized carbons (Fsp3) is 0.300. The van der Waals surface area contributed by atoms with E-state index in [1.54, 1.807) is 32.5 Å². The molecule has 2 heterocycles. The van der Waals surface area contributed by atoms with Gasteiger partial charge in [0.05, 0.1) is 23.5 Å². The molecule has 1 aromatic carbocycles. The predicted octanol–water partition coefficient (Wildman–Crippen LogP) is 5.58. The van der Waals surface area contributed by atoms with E-state index in [1.807, 2.05) is 24.3 Å². The molecule has 0 bridgehead atoms. The number of halogens is 1. The summed E-state index contributed by atoms with van der Waals surface area (Å²) in [6.45, 7) is 5.54. The number of nitrogens with zero attached hydrogens (tertiary/aromatic N) is 2. The molecule has 0 fully saturated rings. The summed E-state index contributed by atoms with van der Waals surface area (Å²) in [6.07, 6.45) is 0. The van der Waals surface area contributed by atoms with Gasteiger partial charge in [-0.1, -0.05) is 58.6 Å². The van der Waals surface area contributed by atoms with Crippen molar-refractivity contribution in [1.29, 1.82) is 0 Å². The molecule has 0 atom stereocenters. The number of thioether (sulfide) groups is 2. The predicted molar refractivity (Wildman–Crippen MR) is 122 cm³/mol. The van der Waals surface area contributed by atoms with Gasteiger partial charge in [-0.05, 0) is 38.5 Å². The summed E-state index contributed by atoms with van der Waals surface area (Å²) in [5.41, 5.74) is 3.15. The topological polar surface area (TPSA) is 84.9 Å². The minimum absolute atomic E-state index is 0.143. The Morgan fingerprint density at radius 3 is 2.37 bits per heavy atom. The first kappa shape index (κ1) is 22.9. The normalized spacial score (nSPS) is 10.9. The second-order valence-corrected chi connectivity index (χ2v) is 10.2. The van der Waals surface area contributed by atoms with Crippen LogP contribution >= 0.6 is 46.5 Å². The fourth-order valence-electron chi connectivity index (χ4n) is 2.83. The number of aryl methyl sites for hydroxylation is 2. The van der Waals surface area contributed by atoms with Gasteiger partial charge in [0.15, 0.2) is 14.5 Å². The number of hydrogen-bond acceptors (Lipinski definition) is 8. The van der Waals surface area contributed by atoms with Crippen molar-refractivity contribution >= 4 is 58.2 Å². The fourth-order valence-corrected chi connectivity index (χ4v) is 5.80. The summed E-state index contributed by atoms with van der Waals surface area (Å²) in [7, 11) is 0. The number of carbonyl (C=O) groups is 2. The molecular formula is C20H20ClN3O3S3. The number of nitrogens with one attached hydrogen (secondary N) is 1. The van der Waals surface area contributed by atoms with Gasteiger partial charge in [-0.3, -0.25) is 4.79 Å². The van der Waals surface area contributed by atoms with Crippen molar-refractivity contribution in [2.24, 2.45) is 0 Å². The van der Waals surface area contributed by atoms with Crippen LogP contribution in [0, 0.1) is 13.8 Å². The first-order valence-corrected chi connectivity index (χ1v) is 12.3. The third kappa shape index (κ3) is 5.66. The van der Waals surface area contributed by atoms with E-state index in [1.165, 1.54) is 23.1 Å². The Bertz CT molecular complexity index is 1050. The van der Waals surface area contributed by atoms with Gasteiger partial charge >= 0.3 is 5.97 Å². The lowest BCUT2D eigenvalue weighted by Crippen LogP contribution is -2.13. The maximum Gasteiger partial charge on any atom is 0.340 e. The van der Waals surface area contributed by atoms with E-state index < -0.39 is 5.97 Å². The van der Waals surface area contributed by atoms with Crippen LogP contribution in [0.5, 0.6) is 0 Å². The lowest BCUT2D eigenvalue weighted by molar-refractivity contribution is 0.0522. The SMILES string of the molecule is CCOC(=O)c1c(C)[nH]c(C)c1C(=O)CSc1nnc(SCc2ccc(Cl)cc2)s1. The molecule has 0 aliphatic heterocycles. The Morgan fingerprint density at radius 2 is 1.70 bits per heavy atom. The van der Waals surface area contributed by atoms with Gasteiger partial charge < -0.3 is 9.72 Å². The van der Waals surface area contributed by atoms with Crippen LogP contribution in [0.2, 0.25) is 5.02 Å². The second kappa shape index (κ2) is 10.5. The number of esters is 1. The van der Waals surface area contributed by atoms with Crippen LogP contribution in [0.3, 0.4) is 0 Å². The number of carbonyl (C=O) groups excluding carboxylic acids is 2. The van der Waals surface area contributed by atoms with Gasteiger partial charge in [-0.15, -0.1) is 10.2 Å². The Morgan fingerprint density at radius 1 is 1.07 bits per heavy atom. The van der Waals surface area contributed by atoms with E-state index in [0.29, 0.717) is 31.9 Å². The Balaban J connectivity index is 1.60. The first-order valence-electron chi connectivity index (χ1n) is 9.12. The number of ether oxygens (including phenoxy) is 1. The lowest BCUT2D eigenvalue weighted by Gasteiger charge is -2.05. The molecular weight excluding hydrogens is 462 g/mol.